The summed E-state index contributed by atoms with van der Waals surface area (Å²) in [5.74, 6) is -1.57. The SMILES string of the molecule is CC(C)(C)NC(=O)c1ccc(-c2ccccc2)c(C(=O)O)c1C1CC(c2ccccc2)c2cc(C(=N)N)ccc2N1. The minimum atomic E-state index is -1.10. The average Bonchev–Trinajstić information content (AvgIpc) is 2.95. The van der Waals surface area contributed by atoms with E-state index < -0.39 is 17.6 Å². The molecular formula is C34H34N4O3. The summed E-state index contributed by atoms with van der Waals surface area (Å²) < 4.78 is 0. The Kier molecular flexibility index (Phi) is 7.37. The molecule has 2 unspecified atom stereocenters. The second kappa shape index (κ2) is 10.9. The predicted octanol–water partition coefficient (Wildman–Crippen LogP) is 6.55. The summed E-state index contributed by atoms with van der Waals surface area (Å²) in [6.07, 6.45) is 0.493. The third-order valence-electron chi connectivity index (χ3n) is 7.37. The Morgan fingerprint density at radius 2 is 1.61 bits per heavy atom. The predicted molar refractivity (Wildman–Crippen MR) is 163 cm³/mol. The van der Waals surface area contributed by atoms with E-state index in [0.29, 0.717) is 28.7 Å². The number of amides is 1. The molecule has 1 aliphatic rings. The van der Waals surface area contributed by atoms with Crippen LogP contribution in [0.4, 0.5) is 5.69 Å². The monoisotopic (exact) mass is 546 g/mol. The van der Waals surface area contributed by atoms with Crippen molar-refractivity contribution in [2.75, 3.05) is 5.32 Å². The highest BCUT2D eigenvalue weighted by molar-refractivity contribution is 6.05. The van der Waals surface area contributed by atoms with Gasteiger partial charge in [-0.05, 0) is 73.7 Å². The molecule has 6 N–H and O–H groups in total. The number of carbonyl (C=O) groups is 2. The Morgan fingerprint density at radius 3 is 2.22 bits per heavy atom. The van der Waals surface area contributed by atoms with Crippen LogP contribution in [-0.4, -0.2) is 28.4 Å². The quantitative estimate of drug-likeness (QED) is 0.138. The Bertz CT molecular complexity index is 1630. The maximum Gasteiger partial charge on any atom is 0.336 e. The average molecular weight is 547 g/mol. The topological polar surface area (TPSA) is 128 Å². The van der Waals surface area contributed by atoms with Crippen molar-refractivity contribution in [1.82, 2.24) is 5.32 Å². The number of hydrogen-bond acceptors (Lipinski definition) is 4. The van der Waals surface area contributed by atoms with E-state index in [9.17, 15) is 14.7 Å². The number of rotatable bonds is 6. The van der Waals surface area contributed by atoms with Crippen LogP contribution in [0.25, 0.3) is 11.1 Å². The Morgan fingerprint density at radius 1 is 0.951 bits per heavy atom. The van der Waals surface area contributed by atoms with Gasteiger partial charge in [-0.15, -0.1) is 0 Å². The van der Waals surface area contributed by atoms with Crippen molar-refractivity contribution in [3.8, 4) is 11.1 Å². The van der Waals surface area contributed by atoms with Crippen LogP contribution in [-0.2, 0) is 0 Å². The zero-order valence-electron chi connectivity index (χ0n) is 23.4. The molecule has 7 heteroatoms. The van der Waals surface area contributed by atoms with Gasteiger partial charge in [0.05, 0.1) is 11.6 Å². The van der Waals surface area contributed by atoms with E-state index >= 15 is 0 Å². The second-order valence-electron chi connectivity index (χ2n) is 11.4. The lowest BCUT2D eigenvalue weighted by Crippen LogP contribution is -2.41. The molecule has 0 spiro atoms. The number of carboxylic acids is 1. The van der Waals surface area contributed by atoms with Crippen molar-refractivity contribution < 1.29 is 14.7 Å². The van der Waals surface area contributed by atoms with Gasteiger partial charge in [-0.3, -0.25) is 10.2 Å². The third-order valence-corrected chi connectivity index (χ3v) is 7.37. The van der Waals surface area contributed by atoms with Crippen LogP contribution in [0.15, 0.2) is 91.0 Å². The van der Waals surface area contributed by atoms with Crippen LogP contribution >= 0.6 is 0 Å². The Balaban J connectivity index is 1.75. The van der Waals surface area contributed by atoms with E-state index in [1.165, 1.54) is 0 Å². The minimum absolute atomic E-state index is 0.0217. The highest BCUT2D eigenvalue weighted by Crippen LogP contribution is 2.46. The van der Waals surface area contributed by atoms with Crippen molar-refractivity contribution in [1.29, 1.82) is 5.41 Å². The third kappa shape index (κ3) is 5.70. The van der Waals surface area contributed by atoms with Crippen molar-refractivity contribution in [3.63, 3.8) is 0 Å². The fourth-order valence-electron chi connectivity index (χ4n) is 5.63. The summed E-state index contributed by atoms with van der Waals surface area (Å²) in [5.41, 5.74) is 11.0. The van der Waals surface area contributed by atoms with Gasteiger partial charge in [0.2, 0.25) is 0 Å². The van der Waals surface area contributed by atoms with Gasteiger partial charge in [0.1, 0.15) is 5.84 Å². The number of nitrogens with two attached hydrogens (primary N) is 1. The van der Waals surface area contributed by atoms with Crippen LogP contribution < -0.4 is 16.4 Å². The van der Waals surface area contributed by atoms with Crippen LogP contribution in [0.3, 0.4) is 0 Å². The first-order valence-electron chi connectivity index (χ1n) is 13.6. The lowest BCUT2D eigenvalue weighted by molar-refractivity contribution is 0.0696. The number of carboxylic acid groups (broad SMARTS) is 1. The number of anilines is 1. The summed E-state index contributed by atoms with van der Waals surface area (Å²) in [7, 11) is 0. The number of carbonyl (C=O) groups excluding carboxylic acids is 1. The van der Waals surface area contributed by atoms with E-state index in [1.54, 1.807) is 18.2 Å². The van der Waals surface area contributed by atoms with Crippen LogP contribution in [0, 0.1) is 5.41 Å². The highest BCUT2D eigenvalue weighted by atomic mass is 16.4. The molecule has 2 atom stereocenters. The molecule has 1 heterocycles. The van der Waals surface area contributed by atoms with Gasteiger partial charge >= 0.3 is 5.97 Å². The fourth-order valence-corrected chi connectivity index (χ4v) is 5.63. The number of amidine groups is 1. The molecule has 41 heavy (non-hydrogen) atoms. The number of hydrogen-bond donors (Lipinski definition) is 5. The van der Waals surface area contributed by atoms with E-state index in [0.717, 1.165) is 22.4 Å². The first-order chi connectivity index (χ1) is 19.5. The number of fused-ring (bicyclic) bond motifs is 1. The molecule has 0 bridgehead atoms. The normalized spacial score (nSPS) is 16.3. The number of benzene rings is 4. The minimum Gasteiger partial charge on any atom is -0.478 e. The van der Waals surface area contributed by atoms with Crippen molar-refractivity contribution in [3.05, 3.63) is 124 Å². The zero-order valence-corrected chi connectivity index (χ0v) is 23.4. The van der Waals surface area contributed by atoms with E-state index in [1.807, 2.05) is 93.6 Å². The number of nitrogens with one attached hydrogen (secondary N) is 3. The zero-order chi connectivity index (χ0) is 29.3. The van der Waals surface area contributed by atoms with Crippen molar-refractivity contribution >= 4 is 23.4 Å². The number of aromatic carboxylic acids is 1. The second-order valence-corrected chi connectivity index (χ2v) is 11.4. The molecular weight excluding hydrogens is 512 g/mol. The molecule has 4 aromatic carbocycles. The van der Waals surface area contributed by atoms with Crippen LogP contribution in [0.5, 0.6) is 0 Å². The van der Waals surface area contributed by atoms with Gasteiger partial charge < -0.3 is 21.5 Å². The summed E-state index contributed by atoms with van der Waals surface area (Å²) in [6.45, 7) is 5.69. The number of nitrogen functional groups attached to an aromatic ring is 1. The molecule has 208 valence electrons. The van der Waals surface area contributed by atoms with Gasteiger partial charge in [-0.25, -0.2) is 4.79 Å². The van der Waals surface area contributed by atoms with Gasteiger partial charge in [-0.2, -0.15) is 0 Å². The van der Waals surface area contributed by atoms with E-state index in [4.69, 9.17) is 11.1 Å². The molecule has 0 fully saturated rings. The lowest BCUT2D eigenvalue weighted by Gasteiger charge is -2.36. The summed E-state index contributed by atoms with van der Waals surface area (Å²) in [6, 6.07) is 27.9. The van der Waals surface area contributed by atoms with Crippen molar-refractivity contribution in [2.45, 2.75) is 44.7 Å². The Labute approximate surface area is 239 Å². The van der Waals surface area contributed by atoms with E-state index in [2.05, 4.69) is 10.6 Å². The van der Waals surface area contributed by atoms with Gasteiger partial charge in [-0.1, -0.05) is 66.7 Å². The lowest BCUT2D eigenvalue weighted by atomic mass is 9.77. The molecule has 0 aromatic heterocycles. The molecule has 0 saturated carbocycles. The molecule has 0 radical (unpaired) electrons. The molecule has 0 aliphatic carbocycles. The Hall–Kier alpha value is -4.91. The molecule has 1 aliphatic heterocycles. The van der Waals surface area contributed by atoms with Gasteiger partial charge in [0.25, 0.3) is 5.91 Å². The fraction of sp³-hybridized carbons (Fsp3) is 0.206. The smallest absolute Gasteiger partial charge is 0.336 e. The van der Waals surface area contributed by atoms with Crippen LogP contribution in [0.2, 0.25) is 0 Å². The summed E-state index contributed by atoms with van der Waals surface area (Å²) >= 11 is 0. The molecule has 0 saturated heterocycles. The highest BCUT2D eigenvalue weighted by Gasteiger charge is 2.35. The first kappa shape index (κ1) is 27.6. The first-order valence-corrected chi connectivity index (χ1v) is 13.6. The maximum absolute atomic E-state index is 13.7. The largest absolute Gasteiger partial charge is 0.478 e. The molecule has 5 rings (SSSR count). The molecule has 7 nitrogen and oxygen atoms in total. The maximum atomic E-state index is 13.7. The summed E-state index contributed by atoms with van der Waals surface area (Å²) in [5, 5.41) is 25.2. The van der Waals surface area contributed by atoms with Crippen molar-refractivity contribution in [2.24, 2.45) is 5.73 Å². The molecule has 1 amide bonds. The van der Waals surface area contributed by atoms with Gasteiger partial charge in [0.15, 0.2) is 0 Å². The van der Waals surface area contributed by atoms with Crippen LogP contribution in [0.1, 0.15) is 82.1 Å². The summed E-state index contributed by atoms with van der Waals surface area (Å²) in [4.78, 5) is 26.7. The van der Waals surface area contributed by atoms with E-state index in [-0.39, 0.29) is 23.2 Å². The standard InChI is InChI=1S/C34H34N4O3/c1-34(2,3)38-32(39)24-16-15-23(20-10-6-4-7-11-20)30(33(40)41)29(24)28-19-25(21-12-8-5-9-13-21)26-18-22(31(35)36)14-17-27(26)37-28/h4-18,25,28,37H,19H2,1-3H3,(H3,35,36)(H,38,39)(H,40,41). The molecule has 4 aromatic rings. The van der Waals surface area contributed by atoms with Gasteiger partial charge in [0, 0.05) is 33.8 Å².